The molecule has 114 valence electrons. The van der Waals surface area contributed by atoms with Gasteiger partial charge in [0.1, 0.15) is 6.04 Å². The Morgan fingerprint density at radius 3 is 2.70 bits per heavy atom. The monoisotopic (exact) mass is 302 g/mol. The number of nitrogens with zero attached hydrogens (tertiary/aromatic N) is 2. The van der Waals surface area contributed by atoms with Crippen LogP contribution >= 0.6 is 11.8 Å². The van der Waals surface area contributed by atoms with Crippen molar-refractivity contribution < 1.29 is 19.4 Å². The van der Waals surface area contributed by atoms with Gasteiger partial charge >= 0.3 is 5.97 Å². The Hall–Kier alpha value is -0.790. The standard InChI is InChI=1S/C13H22N2O4S/c16-12(15-4-7-19-8-5-15)2-1-3-14-6-9-20-10-11(14)13(17)18/h11H,1-10H2,(H,17,18). The molecule has 0 aromatic carbocycles. The normalized spacial score (nSPS) is 24.6. The van der Waals surface area contributed by atoms with Gasteiger partial charge in [0.25, 0.3) is 0 Å². The maximum Gasteiger partial charge on any atom is 0.321 e. The van der Waals surface area contributed by atoms with Gasteiger partial charge in [0.2, 0.25) is 5.91 Å². The molecule has 20 heavy (non-hydrogen) atoms. The number of carbonyl (C=O) groups is 2. The van der Waals surface area contributed by atoms with Crippen LogP contribution in [0.2, 0.25) is 0 Å². The van der Waals surface area contributed by atoms with Gasteiger partial charge in [0.05, 0.1) is 13.2 Å². The third kappa shape index (κ3) is 4.36. The Labute approximate surface area is 123 Å². The quantitative estimate of drug-likeness (QED) is 0.778. The van der Waals surface area contributed by atoms with E-state index in [9.17, 15) is 14.7 Å². The molecule has 1 atom stereocenters. The predicted octanol–water partition coefficient (Wildman–Crippen LogP) is 0.127. The van der Waals surface area contributed by atoms with Crippen molar-refractivity contribution in [2.45, 2.75) is 18.9 Å². The van der Waals surface area contributed by atoms with E-state index < -0.39 is 12.0 Å². The number of hydrogen-bond acceptors (Lipinski definition) is 5. The number of morpholine rings is 1. The van der Waals surface area contributed by atoms with E-state index in [4.69, 9.17) is 4.74 Å². The second-order valence-electron chi connectivity index (χ2n) is 5.06. The van der Waals surface area contributed by atoms with E-state index >= 15 is 0 Å². The van der Waals surface area contributed by atoms with Gasteiger partial charge in [-0.15, -0.1) is 0 Å². The number of ether oxygens (including phenoxy) is 1. The lowest BCUT2D eigenvalue weighted by molar-refractivity contribution is -0.142. The highest BCUT2D eigenvalue weighted by molar-refractivity contribution is 7.99. The minimum atomic E-state index is -0.753. The summed E-state index contributed by atoms with van der Waals surface area (Å²) in [5.74, 6) is 1.02. The predicted molar refractivity (Wildman–Crippen MR) is 77.0 cm³/mol. The van der Waals surface area contributed by atoms with Crippen molar-refractivity contribution >= 4 is 23.6 Å². The zero-order valence-corrected chi connectivity index (χ0v) is 12.4. The molecule has 0 aromatic heterocycles. The molecule has 0 bridgehead atoms. The van der Waals surface area contributed by atoms with Gasteiger partial charge < -0.3 is 14.7 Å². The molecule has 0 aliphatic carbocycles. The van der Waals surface area contributed by atoms with Crippen LogP contribution in [-0.4, -0.2) is 83.7 Å². The number of amides is 1. The summed E-state index contributed by atoms with van der Waals surface area (Å²) in [5, 5.41) is 9.18. The first kappa shape index (κ1) is 15.6. The molecule has 7 heteroatoms. The van der Waals surface area contributed by atoms with E-state index in [0.717, 1.165) is 18.7 Å². The van der Waals surface area contributed by atoms with E-state index in [1.807, 2.05) is 9.80 Å². The van der Waals surface area contributed by atoms with Crippen LogP contribution in [0.3, 0.4) is 0 Å². The molecule has 0 aromatic rings. The van der Waals surface area contributed by atoms with Crippen LogP contribution in [0.15, 0.2) is 0 Å². The number of carbonyl (C=O) groups excluding carboxylic acids is 1. The first-order valence-electron chi connectivity index (χ1n) is 7.08. The van der Waals surface area contributed by atoms with Gasteiger partial charge in [-0.05, 0) is 13.0 Å². The van der Waals surface area contributed by atoms with Crippen molar-refractivity contribution in [3.8, 4) is 0 Å². The molecule has 6 nitrogen and oxygen atoms in total. The molecule has 2 saturated heterocycles. The molecule has 2 rings (SSSR count). The third-order valence-electron chi connectivity index (χ3n) is 3.72. The number of carboxylic acids is 1. The molecule has 1 amide bonds. The Morgan fingerprint density at radius 1 is 1.25 bits per heavy atom. The van der Waals surface area contributed by atoms with Crippen LogP contribution in [0.5, 0.6) is 0 Å². The fraction of sp³-hybridized carbons (Fsp3) is 0.846. The van der Waals surface area contributed by atoms with Crippen molar-refractivity contribution in [2.75, 3.05) is 50.9 Å². The molecule has 2 fully saturated rings. The van der Waals surface area contributed by atoms with Gasteiger partial charge in [0, 0.05) is 37.6 Å². The Bertz CT molecular complexity index is 347. The van der Waals surface area contributed by atoms with Crippen molar-refractivity contribution in [3.05, 3.63) is 0 Å². The summed E-state index contributed by atoms with van der Waals surface area (Å²) >= 11 is 1.69. The van der Waals surface area contributed by atoms with Gasteiger partial charge in [-0.25, -0.2) is 0 Å². The van der Waals surface area contributed by atoms with Crippen molar-refractivity contribution in [2.24, 2.45) is 0 Å². The van der Waals surface area contributed by atoms with Crippen LogP contribution in [0.4, 0.5) is 0 Å². The van der Waals surface area contributed by atoms with Gasteiger partial charge in [0.15, 0.2) is 0 Å². The summed E-state index contributed by atoms with van der Waals surface area (Å²) in [6, 6.07) is -0.396. The molecule has 2 heterocycles. The third-order valence-corrected chi connectivity index (χ3v) is 4.75. The summed E-state index contributed by atoms with van der Waals surface area (Å²) < 4.78 is 5.22. The van der Waals surface area contributed by atoms with E-state index in [2.05, 4.69) is 0 Å². The summed E-state index contributed by atoms with van der Waals surface area (Å²) in [6.07, 6.45) is 1.22. The van der Waals surface area contributed by atoms with Crippen LogP contribution in [0.25, 0.3) is 0 Å². The smallest absolute Gasteiger partial charge is 0.321 e. The lowest BCUT2D eigenvalue weighted by atomic mass is 10.2. The SMILES string of the molecule is O=C(O)C1CSCCN1CCCC(=O)N1CCOCC1. The van der Waals surface area contributed by atoms with Gasteiger partial charge in [-0.1, -0.05) is 0 Å². The average Bonchev–Trinajstić information content (AvgIpc) is 2.48. The van der Waals surface area contributed by atoms with E-state index in [0.29, 0.717) is 45.0 Å². The maximum absolute atomic E-state index is 12.0. The highest BCUT2D eigenvalue weighted by Crippen LogP contribution is 2.17. The highest BCUT2D eigenvalue weighted by atomic mass is 32.2. The fourth-order valence-electron chi connectivity index (χ4n) is 2.54. The molecule has 2 aliphatic heterocycles. The summed E-state index contributed by atoms with van der Waals surface area (Å²) in [6.45, 7) is 4.08. The molecular formula is C13H22N2O4S. The first-order chi connectivity index (χ1) is 9.68. The molecule has 2 aliphatic rings. The summed E-state index contributed by atoms with van der Waals surface area (Å²) in [5.41, 5.74) is 0. The minimum absolute atomic E-state index is 0.159. The Morgan fingerprint density at radius 2 is 2.00 bits per heavy atom. The number of carboxylic acid groups (broad SMARTS) is 1. The van der Waals surface area contributed by atoms with E-state index in [1.165, 1.54) is 0 Å². The summed E-state index contributed by atoms with van der Waals surface area (Å²) in [4.78, 5) is 27.0. The number of aliphatic carboxylic acids is 1. The molecule has 1 N–H and O–H groups in total. The van der Waals surface area contributed by atoms with Crippen LogP contribution in [0, 0.1) is 0 Å². The summed E-state index contributed by atoms with van der Waals surface area (Å²) in [7, 11) is 0. The maximum atomic E-state index is 12.0. The minimum Gasteiger partial charge on any atom is -0.480 e. The zero-order chi connectivity index (χ0) is 14.4. The number of thioether (sulfide) groups is 1. The highest BCUT2D eigenvalue weighted by Gasteiger charge is 2.28. The van der Waals surface area contributed by atoms with Crippen LogP contribution in [-0.2, 0) is 14.3 Å². The van der Waals surface area contributed by atoms with Crippen molar-refractivity contribution in [3.63, 3.8) is 0 Å². The molecule has 0 radical (unpaired) electrons. The largest absolute Gasteiger partial charge is 0.480 e. The first-order valence-corrected chi connectivity index (χ1v) is 8.24. The molecular weight excluding hydrogens is 280 g/mol. The zero-order valence-electron chi connectivity index (χ0n) is 11.6. The van der Waals surface area contributed by atoms with Gasteiger partial charge in [-0.2, -0.15) is 11.8 Å². The lowest BCUT2D eigenvalue weighted by Gasteiger charge is -2.32. The van der Waals surface area contributed by atoms with Crippen LogP contribution < -0.4 is 0 Å². The molecule has 1 unspecified atom stereocenters. The molecule has 0 spiro atoms. The number of hydrogen-bond donors (Lipinski definition) is 1. The molecule has 0 saturated carbocycles. The Balaban J connectivity index is 1.71. The van der Waals surface area contributed by atoms with E-state index in [-0.39, 0.29) is 5.91 Å². The van der Waals surface area contributed by atoms with Crippen molar-refractivity contribution in [1.29, 1.82) is 0 Å². The fourth-order valence-corrected chi connectivity index (χ4v) is 3.64. The lowest BCUT2D eigenvalue weighted by Crippen LogP contribution is -2.47. The van der Waals surface area contributed by atoms with Crippen molar-refractivity contribution in [1.82, 2.24) is 9.80 Å². The topological polar surface area (TPSA) is 70.1 Å². The number of rotatable bonds is 5. The van der Waals surface area contributed by atoms with Gasteiger partial charge in [-0.3, -0.25) is 14.5 Å². The Kier molecular flexibility index (Phi) is 6.12. The van der Waals surface area contributed by atoms with Crippen LogP contribution in [0.1, 0.15) is 12.8 Å². The van der Waals surface area contributed by atoms with E-state index in [1.54, 1.807) is 11.8 Å². The second kappa shape index (κ2) is 7.85. The average molecular weight is 302 g/mol. The second-order valence-corrected chi connectivity index (χ2v) is 6.21.